The number of ether oxygens (including phenoxy) is 1. The molecule has 2 amide bonds. The third-order valence-corrected chi connectivity index (χ3v) is 3.15. The summed E-state index contributed by atoms with van der Waals surface area (Å²) < 4.78 is 18.2. The van der Waals surface area contributed by atoms with Crippen LogP contribution in [-0.4, -0.2) is 44.0 Å². The van der Waals surface area contributed by atoms with Gasteiger partial charge in [0, 0.05) is 20.2 Å². The van der Waals surface area contributed by atoms with E-state index in [1.807, 2.05) is 0 Å². The van der Waals surface area contributed by atoms with E-state index in [1.165, 1.54) is 13.2 Å². The minimum atomic E-state index is -0.723. The molecule has 0 radical (unpaired) electrons. The van der Waals surface area contributed by atoms with E-state index in [-0.39, 0.29) is 25.0 Å². The first-order chi connectivity index (χ1) is 9.52. The first-order valence-corrected chi connectivity index (χ1v) is 6.95. The van der Waals surface area contributed by atoms with E-state index in [4.69, 9.17) is 4.74 Å². The molecule has 0 aliphatic heterocycles. The number of aliphatic hydroxyl groups is 1. The van der Waals surface area contributed by atoms with Crippen molar-refractivity contribution in [2.45, 2.75) is 12.5 Å². The van der Waals surface area contributed by atoms with Gasteiger partial charge in [-0.05, 0) is 40.0 Å². The Morgan fingerprint density at radius 3 is 2.90 bits per heavy atom. The number of aliphatic hydroxyl groups excluding tert-OH is 1. The highest BCUT2D eigenvalue weighted by Crippen LogP contribution is 2.16. The van der Waals surface area contributed by atoms with Crippen molar-refractivity contribution >= 4 is 22.0 Å². The van der Waals surface area contributed by atoms with Crippen LogP contribution in [0.1, 0.15) is 5.56 Å². The van der Waals surface area contributed by atoms with Gasteiger partial charge in [0.25, 0.3) is 0 Å². The number of amides is 2. The van der Waals surface area contributed by atoms with Crippen molar-refractivity contribution in [1.82, 2.24) is 10.6 Å². The number of urea groups is 1. The van der Waals surface area contributed by atoms with Gasteiger partial charge in [0.2, 0.25) is 0 Å². The van der Waals surface area contributed by atoms with Crippen LogP contribution >= 0.6 is 15.9 Å². The average Bonchev–Trinajstić information content (AvgIpc) is 2.41. The number of hydrogen-bond donors (Lipinski definition) is 3. The largest absolute Gasteiger partial charge is 0.389 e. The molecule has 5 nitrogen and oxygen atoms in total. The van der Waals surface area contributed by atoms with Gasteiger partial charge in [-0.1, -0.05) is 6.07 Å². The van der Waals surface area contributed by atoms with E-state index in [2.05, 4.69) is 26.6 Å². The van der Waals surface area contributed by atoms with Gasteiger partial charge in [-0.15, -0.1) is 0 Å². The Morgan fingerprint density at radius 1 is 1.50 bits per heavy atom. The first kappa shape index (κ1) is 16.9. The lowest BCUT2D eigenvalue weighted by molar-refractivity contribution is 0.0660. The second kappa shape index (κ2) is 8.89. The van der Waals surface area contributed by atoms with Crippen molar-refractivity contribution in [3.63, 3.8) is 0 Å². The van der Waals surface area contributed by atoms with E-state index in [0.29, 0.717) is 17.4 Å². The van der Waals surface area contributed by atoms with Crippen LogP contribution in [0, 0.1) is 5.82 Å². The summed E-state index contributed by atoms with van der Waals surface area (Å²) >= 11 is 3.11. The summed E-state index contributed by atoms with van der Waals surface area (Å²) in [6, 6.07) is 4.36. The number of methoxy groups -OCH3 is 1. The van der Waals surface area contributed by atoms with Gasteiger partial charge in [0.1, 0.15) is 5.82 Å². The Bertz CT molecular complexity index is 446. The fourth-order valence-corrected chi connectivity index (χ4v) is 1.97. The summed E-state index contributed by atoms with van der Waals surface area (Å²) in [7, 11) is 1.48. The highest BCUT2D eigenvalue weighted by molar-refractivity contribution is 9.10. The molecule has 20 heavy (non-hydrogen) atoms. The monoisotopic (exact) mass is 348 g/mol. The van der Waals surface area contributed by atoms with Crippen molar-refractivity contribution in [2.24, 2.45) is 0 Å². The van der Waals surface area contributed by atoms with Crippen LogP contribution in [0.25, 0.3) is 0 Å². The Labute approximate surface area is 125 Å². The van der Waals surface area contributed by atoms with Crippen molar-refractivity contribution in [2.75, 3.05) is 26.8 Å². The second-order valence-corrected chi connectivity index (χ2v) is 5.10. The molecular formula is C13H18BrFN2O3. The Balaban J connectivity index is 2.23. The molecule has 7 heteroatoms. The Hall–Kier alpha value is -1.18. The fourth-order valence-electron chi connectivity index (χ4n) is 1.54. The zero-order valence-electron chi connectivity index (χ0n) is 11.2. The van der Waals surface area contributed by atoms with E-state index in [0.717, 1.165) is 5.56 Å². The van der Waals surface area contributed by atoms with Crippen LogP contribution in [0.2, 0.25) is 0 Å². The summed E-state index contributed by atoms with van der Waals surface area (Å²) in [5.41, 5.74) is 0.915. The summed E-state index contributed by atoms with van der Waals surface area (Å²) in [5.74, 6) is -0.313. The molecule has 0 aromatic heterocycles. The summed E-state index contributed by atoms with van der Waals surface area (Å²) in [6.07, 6.45) is -0.133. The number of nitrogens with one attached hydrogen (secondary N) is 2. The zero-order chi connectivity index (χ0) is 15.0. The van der Waals surface area contributed by atoms with Gasteiger partial charge >= 0.3 is 6.03 Å². The van der Waals surface area contributed by atoms with Crippen molar-refractivity contribution in [1.29, 1.82) is 0 Å². The highest BCUT2D eigenvalue weighted by Gasteiger charge is 2.06. The quantitative estimate of drug-likeness (QED) is 0.698. The molecule has 1 unspecified atom stereocenters. The zero-order valence-corrected chi connectivity index (χ0v) is 12.7. The third kappa shape index (κ3) is 6.31. The van der Waals surface area contributed by atoms with Gasteiger partial charge in [-0.2, -0.15) is 0 Å². The summed E-state index contributed by atoms with van der Waals surface area (Å²) in [6.45, 7) is 0.718. The smallest absolute Gasteiger partial charge is 0.314 e. The molecule has 1 atom stereocenters. The van der Waals surface area contributed by atoms with E-state index in [9.17, 15) is 14.3 Å². The predicted octanol–water partition coefficient (Wildman–Crippen LogP) is 1.44. The maximum Gasteiger partial charge on any atom is 0.314 e. The lowest BCUT2D eigenvalue weighted by atomic mass is 10.1. The number of halogens is 2. The first-order valence-electron chi connectivity index (χ1n) is 6.15. The number of hydrogen-bond acceptors (Lipinski definition) is 3. The molecule has 0 spiro atoms. The number of benzene rings is 1. The summed E-state index contributed by atoms with van der Waals surface area (Å²) in [5, 5.41) is 14.5. The van der Waals surface area contributed by atoms with Gasteiger partial charge in [-0.3, -0.25) is 0 Å². The van der Waals surface area contributed by atoms with E-state index < -0.39 is 6.10 Å². The van der Waals surface area contributed by atoms with Gasteiger partial charge in [-0.25, -0.2) is 9.18 Å². The molecule has 0 saturated heterocycles. The predicted molar refractivity (Wildman–Crippen MR) is 77.1 cm³/mol. The minimum absolute atomic E-state index is 0.127. The van der Waals surface area contributed by atoms with Gasteiger partial charge in [0.15, 0.2) is 0 Å². The molecule has 0 saturated carbocycles. The van der Waals surface area contributed by atoms with Gasteiger partial charge in [0.05, 0.1) is 17.2 Å². The highest BCUT2D eigenvalue weighted by atomic mass is 79.9. The SMILES string of the molecule is COCC(O)CNC(=O)NCCc1ccc(F)c(Br)c1. The fraction of sp³-hybridized carbons (Fsp3) is 0.462. The Morgan fingerprint density at radius 2 is 2.25 bits per heavy atom. The lowest BCUT2D eigenvalue weighted by Gasteiger charge is -2.11. The van der Waals surface area contributed by atoms with Crippen molar-refractivity contribution in [3.8, 4) is 0 Å². The normalized spacial score (nSPS) is 12.0. The molecule has 1 aromatic rings. The second-order valence-electron chi connectivity index (χ2n) is 4.24. The van der Waals surface area contributed by atoms with E-state index >= 15 is 0 Å². The topological polar surface area (TPSA) is 70.6 Å². The average molecular weight is 349 g/mol. The molecule has 3 N–H and O–H groups in total. The summed E-state index contributed by atoms with van der Waals surface area (Å²) in [4.78, 5) is 11.4. The van der Waals surface area contributed by atoms with Crippen LogP contribution < -0.4 is 10.6 Å². The lowest BCUT2D eigenvalue weighted by Crippen LogP contribution is -2.41. The molecule has 0 fully saturated rings. The number of rotatable bonds is 7. The van der Waals surface area contributed by atoms with Crippen LogP contribution in [0.4, 0.5) is 9.18 Å². The van der Waals surface area contributed by atoms with Crippen molar-refractivity contribution in [3.05, 3.63) is 34.1 Å². The molecule has 112 valence electrons. The number of carbonyl (C=O) groups is 1. The maximum atomic E-state index is 13.0. The number of carbonyl (C=O) groups excluding carboxylic acids is 1. The molecule has 0 bridgehead atoms. The maximum absolute atomic E-state index is 13.0. The molecule has 0 aliphatic carbocycles. The standard InChI is InChI=1S/C13H18BrFN2O3/c1-20-8-10(18)7-17-13(19)16-5-4-9-2-3-12(15)11(14)6-9/h2-3,6,10,18H,4-5,7-8H2,1H3,(H2,16,17,19). The molecule has 1 aromatic carbocycles. The van der Waals surface area contributed by atoms with Gasteiger partial charge < -0.3 is 20.5 Å². The Kier molecular flexibility index (Phi) is 7.50. The molecule has 1 rings (SSSR count). The third-order valence-electron chi connectivity index (χ3n) is 2.54. The van der Waals surface area contributed by atoms with Crippen LogP contribution in [0.15, 0.2) is 22.7 Å². The molecular weight excluding hydrogens is 331 g/mol. The molecule has 0 aliphatic rings. The molecule has 0 heterocycles. The van der Waals surface area contributed by atoms with Crippen molar-refractivity contribution < 1.29 is 19.0 Å². The van der Waals surface area contributed by atoms with E-state index in [1.54, 1.807) is 12.1 Å². The van der Waals surface area contributed by atoms with Crippen LogP contribution in [0.3, 0.4) is 0 Å². The van der Waals surface area contributed by atoms with Crippen LogP contribution in [0.5, 0.6) is 0 Å². The minimum Gasteiger partial charge on any atom is -0.389 e. The van der Waals surface area contributed by atoms with Crippen LogP contribution in [-0.2, 0) is 11.2 Å².